The number of fused-ring (bicyclic) bond motifs is 2. The predicted octanol–water partition coefficient (Wildman–Crippen LogP) is 4.91. The summed E-state index contributed by atoms with van der Waals surface area (Å²) in [5.74, 6) is -1.32. The molecule has 162 valence electrons. The topological polar surface area (TPSA) is 85.6 Å². The molecule has 1 aliphatic rings. The molecule has 0 aliphatic carbocycles. The average molecular weight is 460 g/mol. The molecule has 8 heteroatoms. The SMILES string of the molecule is C=CC(c1ccc2c(c1)CCO2)S(=O)(=O)n1c(C(CC)C(=O)O)cc2cc(Cl)ccc21. The molecule has 0 amide bonds. The summed E-state index contributed by atoms with van der Waals surface area (Å²) in [6.45, 7) is 6.05. The Labute approximate surface area is 185 Å². The number of rotatable bonds is 7. The molecule has 0 fully saturated rings. The Balaban J connectivity index is 1.95. The number of carboxylic acid groups (broad SMARTS) is 1. The largest absolute Gasteiger partial charge is 0.493 e. The number of carboxylic acids is 1. The number of halogens is 1. The van der Waals surface area contributed by atoms with Crippen LogP contribution >= 0.6 is 11.6 Å². The molecule has 2 heterocycles. The number of hydrogen-bond acceptors (Lipinski definition) is 4. The van der Waals surface area contributed by atoms with Gasteiger partial charge in [0.1, 0.15) is 11.0 Å². The molecule has 1 aromatic heterocycles. The zero-order valence-corrected chi connectivity index (χ0v) is 18.5. The maximum Gasteiger partial charge on any atom is 0.312 e. The van der Waals surface area contributed by atoms with Crippen LogP contribution in [0, 0.1) is 0 Å². The molecule has 1 aliphatic heterocycles. The van der Waals surface area contributed by atoms with Crippen molar-refractivity contribution in [1.29, 1.82) is 0 Å². The van der Waals surface area contributed by atoms with Gasteiger partial charge in [0, 0.05) is 22.5 Å². The Bertz CT molecular complexity index is 1290. The fraction of sp³-hybridized carbons (Fsp3) is 0.261. The molecule has 4 rings (SSSR count). The molecule has 31 heavy (non-hydrogen) atoms. The van der Waals surface area contributed by atoms with E-state index in [1.165, 1.54) is 6.08 Å². The lowest BCUT2D eigenvalue weighted by Crippen LogP contribution is -2.25. The van der Waals surface area contributed by atoms with Crippen molar-refractivity contribution in [2.75, 3.05) is 6.61 Å². The first kappa shape index (κ1) is 21.5. The van der Waals surface area contributed by atoms with Crippen LogP contribution in [0.25, 0.3) is 10.9 Å². The van der Waals surface area contributed by atoms with Crippen molar-refractivity contribution in [3.05, 3.63) is 77.0 Å². The van der Waals surface area contributed by atoms with E-state index in [-0.39, 0.29) is 12.1 Å². The lowest BCUT2D eigenvalue weighted by atomic mass is 10.0. The van der Waals surface area contributed by atoms with Gasteiger partial charge in [-0.15, -0.1) is 6.58 Å². The van der Waals surface area contributed by atoms with Gasteiger partial charge in [-0.3, -0.25) is 4.79 Å². The summed E-state index contributed by atoms with van der Waals surface area (Å²) >= 11 is 6.11. The molecular formula is C23H22ClNO5S. The van der Waals surface area contributed by atoms with Crippen molar-refractivity contribution < 1.29 is 23.1 Å². The van der Waals surface area contributed by atoms with Crippen LogP contribution in [0.3, 0.4) is 0 Å². The van der Waals surface area contributed by atoms with E-state index in [9.17, 15) is 18.3 Å². The highest BCUT2D eigenvalue weighted by Gasteiger charge is 2.34. The molecule has 0 spiro atoms. The second kappa shape index (κ2) is 8.05. The first-order valence-corrected chi connectivity index (χ1v) is 11.8. The fourth-order valence-electron chi connectivity index (χ4n) is 4.15. The van der Waals surface area contributed by atoms with Gasteiger partial charge in [0.15, 0.2) is 0 Å². The summed E-state index contributed by atoms with van der Waals surface area (Å²) in [4.78, 5) is 11.9. The highest BCUT2D eigenvalue weighted by atomic mass is 35.5. The van der Waals surface area contributed by atoms with Gasteiger partial charge in [-0.2, -0.15) is 0 Å². The van der Waals surface area contributed by atoms with Crippen molar-refractivity contribution in [3.8, 4) is 5.75 Å². The van der Waals surface area contributed by atoms with Crippen LogP contribution in [0.5, 0.6) is 5.75 Å². The Morgan fingerprint density at radius 1 is 1.29 bits per heavy atom. The number of hydrogen-bond donors (Lipinski definition) is 1. The summed E-state index contributed by atoms with van der Waals surface area (Å²) in [7, 11) is -4.09. The van der Waals surface area contributed by atoms with Crippen LogP contribution in [-0.2, 0) is 21.2 Å². The van der Waals surface area contributed by atoms with E-state index in [4.69, 9.17) is 16.3 Å². The first-order valence-electron chi connectivity index (χ1n) is 9.94. The van der Waals surface area contributed by atoms with E-state index in [0.29, 0.717) is 34.5 Å². The third-order valence-corrected chi connectivity index (χ3v) is 7.90. The van der Waals surface area contributed by atoms with Crippen molar-refractivity contribution in [3.63, 3.8) is 0 Å². The number of nitrogens with zero attached hydrogens (tertiary/aromatic N) is 1. The quantitative estimate of drug-likeness (QED) is 0.507. The summed E-state index contributed by atoms with van der Waals surface area (Å²) in [5, 5.41) is 9.69. The minimum Gasteiger partial charge on any atom is -0.493 e. The van der Waals surface area contributed by atoms with Crippen molar-refractivity contribution in [1.82, 2.24) is 3.97 Å². The van der Waals surface area contributed by atoms with Gasteiger partial charge in [-0.1, -0.05) is 36.7 Å². The number of aliphatic carboxylic acids is 1. The van der Waals surface area contributed by atoms with E-state index in [1.54, 1.807) is 43.3 Å². The van der Waals surface area contributed by atoms with E-state index in [2.05, 4.69) is 6.58 Å². The molecule has 1 N–H and O–H groups in total. The van der Waals surface area contributed by atoms with Gasteiger partial charge in [-0.25, -0.2) is 12.4 Å². The van der Waals surface area contributed by atoms with Gasteiger partial charge in [0.25, 0.3) is 0 Å². The van der Waals surface area contributed by atoms with Gasteiger partial charge >= 0.3 is 5.97 Å². The van der Waals surface area contributed by atoms with E-state index < -0.39 is 27.2 Å². The van der Waals surface area contributed by atoms with Crippen LogP contribution in [0.4, 0.5) is 0 Å². The Hall–Kier alpha value is -2.77. The molecule has 0 saturated carbocycles. The standard InChI is InChI=1S/C23H22ClNO5S/c1-3-18(23(26)27)20-13-16-12-17(24)6-7-19(16)25(20)31(28,29)22(4-2)15-5-8-21-14(11-15)9-10-30-21/h4-8,11-13,18,22H,2-3,9-10H2,1H3,(H,26,27). The Morgan fingerprint density at radius 3 is 2.74 bits per heavy atom. The smallest absolute Gasteiger partial charge is 0.312 e. The Kier molecular flexibility index (Phi) is 5.58. The average Bonchev–Trinajstić information content (AvgIpc) is 3.32. The zero-order valence-electron chi connectivity index (χ0n) is 16.9. The van der Waals surface area contributed by atoms with Gasteiger partial charge in [-0.05, 0) is 47.9 Å². The second-order valence-corrected chi connectivity index (χ2v) is 9.84. The van der Waals surface area contributed by atoms with Crippen molar-refractivity contribution in [2.24, 2.45) is 0 Å². The number of carbonyl (C=O) groups is 1. The van der Waals surface area contributed by atoms with Crippen LogP contribution in [0.2, 0.25) is 5.02 Å². The molecule has 2 atom stereocenters. The third-order valence-electron chi connectivity index (χ3n) is 5.64. The maximum absolute atomic E-state index is 13.9. The van der Waals surface area contributed by atoms with Crippen LogP contribution in [0.1, 0.15) is 41.3 Å². The molecule has 2 aromatic carbocycles. The zero-order chi connectivity index (χ0) is 22.3. The number of benzene rings is 2. The highest BCUT2D eigenvalue weighted by molar-refractivity contribution is 7.90. The van der Waals surface area contributed by atoms with Crippen molar-refractivity contribution >= 4 is 38.5 Å². The van der Waals surface area contributed by atoms with E-state index in [1.807, 2.05) is 6.07 Å². The van der Waals surface area contributed by atoms with Gasteiger partial charge in [0.2, 0.25) is 10.0 Å². The summed E-state index contributed by atoms with van der Waals surface area (Å²) in [6.07, 6.45) is 2.32. The van der Waals surface area contributed by atoms with Crippen LogP contribution in [0.15, 0.2) is 55.1 Å². The lowest BCUT2D eigenvalue weighted by Gasteiger charge is -2.21. The minimum absolute atomic E-state index is 0.198. The van der Waals surface area contributed by atoms with E-state index in [0.717, 1.165) is 15.3 Å². The van der Waals surface area contributed by atoms with Gasteiger partial charge < -0.3 is 9.84 Å². The monoisotopic (exact) mass is 459 g/mol. The molecule has 0 saturated heterocycles. The molecular weight excluding hydrogens is 438 g/mol. The Morgan fingerprint density at radius 2 is 2.06 bits per heavy atom. The number of aromatic nitrogens is 1. The van der Waals surface area contributed by atoms with Crippen molar-refractivity contribution in [2.45, 2.75) is 30.9 Å². The highest BCUT2D eigenvalue weighted by Crippen LogP contribution is 2.37. The fourth-order valence-corrected chi connectivity index (χ4v) is 6.20. The van der Waals surface area contributed by atoms with Crippen LogP contribution < -0.4 is 4.74 Å². The molecule has 6 nitrogen and oxygen atoms in total. The molecule has 3 aromatic rings. The predicted molar refractivity (Wildman–Crippen MR) is 121 cm³/mol. The minimum atomic E-state index is -4.09. The lowest BCUT2D eigenvalue weighted by molar-refractivity contribution is -0.138. The maximum atomic E-state index is 13.9. The van der Waals surface area contributed by atoms with Gasteiger partial charge in [0.05, 0.1) is 18.0 Å². The molecule has 2 unspecified atom stereocenters. The second-order valence-electron chi connectivity index (χ2n) is 7.50. The van der Waals surface area contributed by atoms with Crippen LogP contribution in [-0.4, -0.2) is 30.1 Å². The third kappa shape index (κ3) is 3.62. The summed E-state index contributed by atoms with van der Waals surface area (Å²) in [5.41, 5.74) is 2.09. The van der Waals surface area contributed by atoms with E-state index >= 15 is 0 Å². The molecule has 0 bridgehead atoms. The normalized spacial score (nSPS) is 15.3. The summed E-state index contributed by atoms with van der Waals surface area (Å²) < 4.78 is 34.5. The first-order chi connectivity index (χ1) is 14.8. The molecule has 0 radical (unpaired) electrons. The summed E-state index contributed by atoms with van der Waals surface area (Å²) in [6, 6.07) is 11.7. The number of ether oxygens (including phenoxy) is 1.